The Morgan fingerprint density at radius 2 is 1.91 bits per heavy atom. The van der Waals surface area contributed by atoms with Crippen molar-refractivity contribution in [1.82, 2.24) is 15.0 Å². The standard InChI is InChI=1S/C17H24N6/c1-13-6-7-14(16(20-13)23-10-4-5-11-23)12-19-15-8-9-18-17(21-15)22(2)3/h6-9H,4-5,10-12H2,1-3H3,(H,18,19,21). The number of aryl methyl sites for hydroxylation is 1. The van der Waals surface area contributed by atoms with Gasteiger partial charge in [-0.15, -0.1) is 0 Å². The van der Waals surface area contributed by atoms with E-state index in [4.69, 9.17) is 4.98 Å². The predicted octanol–water partition coefficient (Wildman–Crippen LogP) is 2.46. The van der Waals surface area contributed by atoms with E-state index in [-0.39, 0.29) is 0 Å². The van der Waals surface area contributed by atoms with Gasteiger partial charge in [-0.2, -0.15) is 4.98 Å². The van der Waals surface area contributed by atoms with Gasteiger partial charge in [0.15, 0.2) is 0 Å². The normalized spacial score (nSPS) is 14.1. The second-order valence-electron chi connectivity index (χ2n) is 6.12. The van der Waals surface area contributed by atoms with Gasteiger partial charge in [0, 0.05) is 51.2 Å². The summed E-state index contributed by atoms with van der Waals surface area (Å²) in [6.45, 7) is 4.96. The fraction of sp³-hybridized carbons (Fsp3) is 0.471. The molecule has 0 unspecified atom stereocenters. The molecule has 0 saturated carbocycles. The van der Waals surface area contributed by atoms with E-state index >= 15 is 0 Å². The average Bonchev–Trinajstić information content (AvgIpc) is 3.08. The monoisotopic (exact) mass is 312 g/mol. The number of hydrogen-bond donors (Lipinski definition) is 1. The fourth-order valence-corrected chi connectivity index (χ4v) is 2.76. The van der Waals surface area contributed by atoms with Gasteiger partial charge in [0.1, 0.15) is 11.6 Å². The van der Waals surface area contributed by atoms with Crippen LogP contribution in [0.1, 0.15) is 24.1 Å². The number of anilines is 3. The van der Waals surface area contributed by atoms with E-state index in [0.717, 1.165) is 30.4 Å². The highest BCUT2D eigenvalue weighted by Crippen LogP contribution is 2.23. The molecule has 2 aromatic rings. The number of aromatic nitrogens is 3. The number of pyridine rings is 1. The Labute approximate surface area is 137 Å². The minimum absolute atomic E-state index is 0.705. The zero-order chi connectivity index (χ0) is 16.2. The van der Waals surface area contributed by atoms with Gasteiger partial charge in [-0.05, 0) is 31.9 Å². The van der Waals surface area contributed by atoms with Gasteiger partial charge >= 0.3 is 0 Å². The van der Waals surface area contributed by atoms with Gasteiger partial charge in [0.2, 0.25) is 5.95 Å². The maximum absolute atomic E-state index is 4.76. The van der Waals surface area contributed by atoms with Crippen LogP contribution in [0.4, 0.5) is 17.6 Å². The van der Waals surface area contributed by atoms with E-state index in [2.05, 4.69) is 32.3 Å². The first-order valence-corrected chi connectivity index (χ1v) is 8.09. The van der Waals surface area contributed by atoms with Crippen LogP contribution in [-0.2, 0) is 6.54 Å². The van der Waals surface area contributed by atoms with E-state index in [9.17, 15) is 0 Å². The molecule has 0 amide bonds. The molecule has 3 heterocycles. The van der Waals surface area contributed by atoms with Crippen molar-refractivity contribution in [3.05, 3.63) is 35.7 Å². The van der Waals surface area contributed by atoms with Gasteiger partial charge < -0.3 is 15.1 Å². The first-order valence-electron chi connectivity index (χ1n) is 8.09. The van der Waals surface area contributed by atoms with Crippen molar-refractivity contribution in [1.29, 1.82) is 0 Å². The Kier molecular flexibility index (Phi) is 4.60. The molecule has 0 atom stereocenters. The third kappa shape index (κ3) is 3.70. The summed E-state index contributed by atoms with van der Waals surface area (Å²) in [4.78, 5) is 17.8. The highest BCUT2D eigenvalue weighted by atomic mass is 15.2. The smallest absolute Gasteiger partial charge is 0.226 e. The quantitative estimate of drug-likeness (QED) is 0.915. The molecule has 3 rings (SSSR count). The van der Waals surface area contributed by atoms with Crippen molar-refractivity contribution in [3.63, 3.8) is 0 Å². The Morgan fingerprint density at radius 3 is 2.65 bits per heavy atom. The Bertz CT molecular complexity index is 664. The van der Waals surface area contributed by atoms with E-state index < -0.39 is 0 Å². The van der Waals surface area contributed by atoms with Gasteiger partial charge in [0.25, 0.3) is 0 Å². The van der Waals surface area contributed by atoms with Crippen LogP contribution in [0.2, 0.25) is 0 Å². The van der Waals surface area contributed by atoms with Crippen molar-refractivity contribution in [2.75, 3.05) is 42.3 Å². The van der Waals surface area contributed by atoms with Crippen molar-refractivity contribution >= 4 is 17.6 Å². The Morgan fingerprint density at radius 1 is 1.13 bits per heavy atom. The molecular formula is C17H24N6. The van der Waals surface area contributed by atoms with Crippen LogP contribution in [0, 0.1) is 6.92 Å². The first kappa shape index (κ1) is 15.5. The molecule has 122 valence electrons. The summed E-state index contributed by atoms with van der Waals surface area (Å²) < 4.78 is 0. The summed E-state index contributed by atoms with van der Waals surface area (Å²) in [5, 5.41) is 3.40. The lowest BCUT2D eigenvalue weighted by Crippen LogP contribution is -2.22. The van der Waals surface area contributed by atoms with Gasteiger partial charge in [-0.3, -0.25) is 0 Å². The van der Waals surface area contributed by atoms with Crippen LogP contribution < -0.4 is 15.1 Å². The summed E-state index contributed by atoms with van der Waals surface area (Å²) in [6, 6.07) is 6.13. The third-order valence-electron chi connectivity index (χ3n) is 4.00. The summed E-state index contributed by atoms with van der Waals surface area (Å²) in [7, 11) is 3.88. The van der Waals surface area contributed by atoms with Crippen molar-refractivity contribution in [2.24, 2.45) is 0 Å². The van der Waals surface area contributed by atoms with E-state index in [0.29, 0.717) is 12.5 Å². The van der Waals surface area contributed by atoms with Crippen molar-refractivity contribution in [2.45, 2.75) is 26.3 Å². The van der Waals surface area contributed by atoms with E-state index in [1.165, 1.54) is 18.4 Å². The largest absolute Gasteiger partial charge is 0.366 e. The van der Waals surface area contributed by atoms with Crippen molar-refractivity contribution in [3.8, 4) is 0 Å². The number of nitrogens with one attached hydrogen (secondary N) is 1. The van der Waals surface area contributed by atoms with Crippen LogP contribution in [-0.4, -0.2) is 42.1 Å². The van der Waals surface area contributed by atoms with E-state index in [1.54, 1.807) is 6.20 Å². The molecular weight excluding hydrogens is 288 g/mol. The molecule has 23 heavy (non-hydrogen) atoms. The van der Waals surface area contributed by atoms with Crippen LogP contribution in [0.3, 0.4) is 0 Å². The zero-order valence-corrected chi connectivity index (χ0v) is 14.1. The summed E-state index contributed by atoms with van der Waals surface area (Å²) in [6.07, 6.45) is 4.28. The second-order valence-corrected chi connectivity index (χ2v) is 6.12. The SMILES string of the molecule is Cc1ccc(CNc2ccnc(N(C)C)n2)c(N2CCCC2)n1. The molecule has 1 aliphatic heterocycles. The van der Waals surface area contributed by atoms with E-state index in [1.807, 2.05) is 32.0 Å². The summed E-state index contributed by atoms with van der Waals surface area (Å²) in [5.74, 6) is 2.64. The van der Waals surface area contributed by atoms with Gasteiger partial charge in [0.05, 0.1) is 0 Å². The lowest BCUT2D eigenvalue weighted by atomic mass is 10.2. The zero-order valence-electron chi connectivity index (χ0n) is 14.1. The lowest BCUT2D eigenvalue weighted by Gasteiger charge is -2.21. The Hall–Kier alpha value is -2.37. The van der Waals surface area contributed by atoms with Crippen molar-refractivity contribution < 1.29 is 0 Å². The number of hydrogen-bond acceptors (Lipinski definition) is 6. The molecule has 2 aromatic heterocycles. The minimum Gasteiger partial charge on any atom is -0.366 e. The topological polar surface area (TPSA) is 57.2 Å². The van der Waals surface area contributed by atoms with Gasteiger partial charge in [-0.1, -0.05) is 6.07 Å². The maximum Gasteiger partial charge on any atom is 0.226 e. The maximum atomic E-state index is 4.76. The van der Waals surface area contributed by atoms with Gasteiger partial charge in [-0.25, -0.2) is 9.97 Å². The summed E-state index contributed by atoms with van der Waals surface area (Å²) >= 11 is 0. The lowest BCUT2D eigenvalue weighted by molar-refractivity contribution is 0.904. The second kappa shape index (κ2) is 6.81. The molecule has 6 heteroatoms. The highest BCUT2D eigenvalue weighted by Gasteiger charge is 2.17. The number of nitrogens with zero attached hydrogens (tertiary/aromatic N) is 5. The molecule has 0 aliphatic carbocycles. The molecule has 1 aliphatic rings. The highest BCUT2D eigenvalue weighted by molar-refractivity contribution is 5.51. The molecule has 0 bridgehead atoms. The molecule has 0 aromatic carbocycles. The Balaban J connectivity index is 1.76. The van der Waals surface area contributed by atoms with Crippen LogP contribution in [0.5, 0.6) is 0 Å². The minimum atomic E-state index is 0.705. The molecule has 1 fully saturated rings. The van der Waals surface area contributed by atoms with Crippen LogP contribution >= 0.6 is 0 Å². The number of rotatable bonds is 5. The summed E-state index contributed by atoms with van der Waals surface area (Å²) in [5.41, 5.74) is 2.27. The first-order chi connectivity index (χ1) is 11.1. The molecule has 1 saturated heterocycles. The fourth-order valence-electron chi connectivity index (χ4n) is 2.76. The molecule has 6 nitrogen and oxygen atoms in total. The molecule has 0 spiro atoms. The molecule has 1 N–H and O–H groups in total. The predicted molar refractivity (Wildman–Crippen MR) is 94.1 cm³/mol. The average molecular weight is 312 g/mol. The van der Waals surface area contributed by atoms with Crippen LogP contribution in [0.25, 0.3) is 0 Å². The molecule has 0 radical (unpaired) electrons. The van der Waals surface area contributed by atoms with Crippen LogP contribution in [0.15, 0.2) is 24.4 Å². The third-order valence-corrected chi connectivity index (χ3v) is 4.00.